The second-order valence-corrected chi connectivity index (χ2v) is 7.30. The number of carbonyl (C=O) groups is 3. The summed E-state index contributed by atoms with van der Waals surface area (Å²) in [7, 11) is 0. The standard InChI is InChI=1S/C19H23N5O3/c1-11-3-2-4-13-16(11)22-17(20-13)12-7-9-24(10-8-12)15(25)6-5-14-18(26)23-19(27)21-14/h2-4,12,14H,5-10H2,1H3,(H,20,22)(H2,21,23,26,27). The van der Waals surface area contributed by atoms with Crippen molar-refractivity contribution in [3.8, 4) is 0 Å². The normalized spacial score (nSPS) is 20.8. The molecular weight excluding hydrogens is 346 g/mol. The summed E-state index contributed by atoms with van der Waals surface area (Å²) < 4.78 is 0. The van der Waals surface area contributed by atoms with Crippen LogP contribution in [0.4, 0.5) is 4.79 Å². The van der Waals surface area contributed by atoms with E-state index in [1.165, 1.54) is 5.56 Å². The van der Waals surface area contributed by atoms with E-state index in [-0.39, 0.29) is 18.2 Å². The number of nitrogens with zero attached hydrogens (tertiary/aromatic N) is 2. The molecule has 3 heterocycles. The van der Waals surface area contributed by atoms with Crippen molar-refractivity contribution < 1.29 is 14.4 Å². The molecule has 0 spiro atoms. The number of amides is 4. The molecule has 0 radical (unpaired) electrons. The minimum Gasteiger partial charge on any atom is -0.343 e. The summed E-state index contributed by atoms with van der Waals surface area (Å²) in [4.78, 5) is 45.1. The zero-order valence-electron chi connectivity index (χ0n) is 15.2. The molecule has 2 aromatic rings. The van der Waals surface area contributed by atoms with Crippen LogP contribution in [0.15, 0.2) is 18.2 Å². The quantitative estimate of drug-likeness (QED) is 0.711. The molecule has 8 heteroatoms. The zero-order chi connectivity index (χ0) is 19.0. The van der Waals surface area contributed by atoms with Gasteiger partial charge in [-0.15, -0.1) is 0 Å². The summed E-state index contributed by atoms with van der Waals surface area (Å²) in [5, 5.41) is 4.71. The number of H-pyrrole nitrogens is 1. The third-order valence-corrected chi connectivity index (χ3v) is 5.48. The van der Waals surface area contributed by atoms with Crippen LogP contribution >= 0.6 is 0 Å². The fraction of sp³-hybridized carbons (Fsp3) is 0.474. The van der Waals surface area contributed by atoms with E-state index in [1.807, 2.05) is 17.0 Å². The SMILES string of the molecule is Cc1cccc2nc(C3CCN(C(=O)CCC4NC(=O)NC4=O)CC3)[nH]c12. The van der Waals surface area contributed by atoms with E-state index in [9.17, 15) is 14.4 Å². The first-order chi connectivity index (χ1) is 13.0. The van der Waals surface area contributed by atoms with Crippen molar-refractivity contribution in [2.24, 2.45) is 0 Å². The van der Waals surface area contributed by atoms with Crippen LogP contribution < -0.4 is 10.6 Å². The summed E-state index contributed by atoms with van der Waals surface area (Å²) in [5.41, 5.74) is 3.25. The number of fused-ring (bicyclic) bond motifs is 1. The van der Waals surface area contributed by atoms with Gasteiger partial charge in [-0.2, -0.15) is 0 Å². The molecule has 4 amide bonds. The Morgan fingerprint density at radius 1 is 1.26 bits per heavy atom. The Labute approximate surface area is 156 Å². The number of aryl methyl sites for hydroxylation is 1. The van der Waals surface area contributed by atoms with Gasteiger partial charge in [0.2, 0.25) is 5.91 Å². The van der Waals surface area contributed by atoms with E-state index < -0.39 is 12.1 Å². The number of aromatic nitrogens is 2. The fourth-order valence-corrected chi connectivity index (χ4v) is 3.88. The van der Waals surface area contributed by atoms with Gasteiger partial charge < -0.3 is 15.2 Å². The molecule has 1 aromatic heterocycles. The Bertz CT molecular complexity index is 898. The lowest BCUT2D eigenvalue weighted by molar-refractivity contribution is -0.132. The number of nitrogens with one attached hydrogen (secondary N) is 3. The molecule has 2 fully saturated rings. The molecule has 1 unspecified atom stereocenters. The Hall–Kier alpha value is -2.90. The number of piperidine rings is 1. The Kier molecular flexibility index (Phi) is 4.55. The van der Waals surface area contributed by atoms with Gasteiger partial charge in [-0.05, 0) is 37.8 Å². The summed E-state index contributed by atoms with van der Waals surface area (Å²) in [6.45, 7) is 3.43. The highest BCUT2D eigenvalue weighted by Gasteiger charge is 2.31. The van der Waals surface area contributed by atoms with Crippen molar-refractivity contribution in [3.63, 3.8) is 0 Å². The molecule has 2 aliphatic rings. The van der Waals surface area contributed by atoms with E-state index in [2.05, 4.69) is 28.6 Å². The Morgan fingerprint density at radius 2 is 2.04 bits per heavy atom. The van der Waals surface area contributed by atoms with Gasteiger partial charge in [0.15, 0.2) is 0 Å². The molecule has 1 aromatic carbocycles. The molecule has 0 saturated carbocycles. The predicted molar refractivity (Wildman–Crippen MR) is 99.1 cm³/mol. The maximum Gasteiger partial charge on any atom is 0.322 e. The second-order valence-electron chi connectivity index (χ2n) is 7.30. The number of hydrogen-bond acceptors (Lipinski definition) is 4. The van der Waals surface area contributed by atoms with Crippen LogP contribution in [-0.2, 0) is 9.59 Å². The number of aromatic amines is 1. The Balaban J connectivity index is 1.31. The van der Waals surface area contributed by atoms with Crippen LogP contribution in [0.5, 0.6) is 0 Å². The predicted octanol–water partition coefficient (Wildman–Crippen LogP) is 1.57. The first-order valence-electron chi connectivity index (χ1n) is 9.35. The van der Waals surface area contributed by atoms with E-state index >= 15 is 0 Å². The average Bonchev–Trinajstić information content (AvgIpc) is 3.23. The van der Waals surface area contributed by atoms with Crippen LogP contribution in [0.25, 0.3) is 11.0 Å². The van der Waals surface area contributed by atoms with Crippen LogP contribution in [0.2, 0.25) is 0 Å². The van der Waals surface area contributed by atoms with Crippen molar-refractivity contribution in [1.29, 1.82) is 0 Å². The highest BCUT2D eigenvalue weighted by atomic mass is 16.2. The van der Waals surface area contributed by atoms with Gasteiger partial charge >= 0.3 is 6.03 Å². The van der Waals surface area contributed by atoms with Gasteiger partial charge in [0.05, 0.1) is 11.0 Å². The maximum absolute atomic E-state index is 12.4. The van der Waals surface area contributed by atoms with Gasteiger partial charge in [0, 0.05) is 25.4 Å². The number of imidazole rings is 1. The first kappa shape index (κ1) is 17.5. The number of para-hydroxylation sites is 1. The largest absolute Gasteiger partial charge is 0.343 e. The third-order valence-electron chi connectivity index (χ3n) is 5.48. The fourth-order valence-electron chi connectivity index (χ4n) is 3.88. The molecule has 0 bridgehead atoms. The van der Waals surface area contributed by atoms with Gasteiger partial charge in [0.25, 0.3) is 5.91 Å². The molecular formula is C19H23N5O3. The monoisotopic (exact) mass is 369 g/mol. The van der Waals surface area contributed by atoms with Gasteiger partial charge in [-0.1, -0.05) is 12.1 Å². The summed E-state index contributed by atoms with van der Waals surface area (Å²) in [6, 6.07) is 5.01. The van der Waals surface area contributed by atoms with E-state index in [0.29, 0.717) is 25.4 Å². The maximum atomic E-state index is 12.4. The number of likely N-dealkylation sites (tertiary alicyclic amines) is 1. The van der Waals surface area contributed by atoms with Crippen molar-refractivity contribution >= 4 is 28.9 Å². The zero-order valence-corrected chi connectivity index (χ0v) is 15.2. The Morgan fingerprint density at radius 3 is 2.70 bits per heavy atom. The van der Waals surface area contributed by atoms with E-state index in [0.717, 1.165) is 29.7 Å². The highest BCUT2D eigenvalue weighted by Crippen LogP contribution is 2.28. The molecule has 2 aliphatic heterocycles. The van der Waals surface area contributed by atoms with E-state index in [1.54, 1.807) is 0 Å². The van der Waals surface area contributed by atoms with Crippen molar-refractivity contribution in [3.05, 3.63) is 29.6 Å². The van der Waals surface area contributed by atoms with Crippen LogP contribution in [0.1, 0.15) is 43.0 Å². The summed E-state index contributed by atoms with van der Waals surface area (Å²) in [6.07, 6.45) is 2.32. The lowest BCUT2D eigenvalue weighted by Crippen LogP contribution is -2.39. The summed E-state index contributed by atoms with van der Waals surface area (Å²) in [5.74, 6) is 0.993. The molecule has 0 aliphatic carbocycles. The average molecular weight is 369 g/mol. The van der Waals surface area contributed by atoms with Crippen molar-refractivity contribution in [2.45, 2.75) is 44.6 Å². The minimum atomic E-state index is -0.599. The topological polar surface area (TPSA) is 107 Å². The number of urea groups is 1. The van der Waals surface area contributed by atoms with Crippen molar-refractivity contribution in [2.75, 3.05) is 13.1 Å². The lowest BCUT2D eigenvalue weighted by atomic mass is 9.95. The molecule has 142 valence electrons. The van der Waals surface area contributed by atoms with Gasteiger partial charge in [-0.25, -0.2) is 9.78 Å². The number of rotatable bonds is 4. The van der Waals surface area contributed by atoms with Gasteiger partial charge in [-0.3, -0.25) is 14.9 Å². The molecule has 2 saturated heterocycles. The lowest BCUT2D eigenvalue weighted by Gasteiger charge is -2.31. The molecule has 4 rings (SSSR count). The number of hydrogen-bond donors (Lipinski definition) is 3. The molecule has 3 N–H and O–H groups in total. The molecule has 8 nitrogen and oxygen atoms in total. The number of imide groups is 1. The van der Waals surface area contributed by atoms with Crippen LogP contribution in [0.3, 0.4) is 0 Å². The van der Waals surface area contributed by atoms with E-state index in [4.69, 9.17) is 4.98 Å². The minimum absolute atomic E-state index is 0.0304. The molecule has 27 heavy (non-hydrogen) atoms. The van der Waals surface area contributed by atoms with Crippen LogP contribution in [-0.4, -0.2) is 51.8 Å². The highest BCUT2D eigenvalue weighted by molar-refractivity contribution is 6.04. The third kappa shape index (κ3) is 3.51. The summed E-state index contributed by atoms with van der Waals surface area (Å²) >= 11 is 0. The van der Waals surface area contributed by atoms with Crippen molar-refractivity contribution in [1.82, 2.24) is 25.5 Å². The smallest absolute Gasteiger partial charge is 0.322 e. The second kappa shape index (κ2) is 7.02. The van der Waals surface area contributed by atoms with Crippen LogP contribution in [0, 0.1) is 6.92 Å². The van der Waals surface area contributed by atoms with Gasteiger partial charge in [0.1, 0.15) is 11.9 Å². The first-order valence-corrected chi connectivity index (χ1v) is 9.35. The molecule has 1 atom stereocenters. The number of carbonyl (C=O) groups excluding carboxylic acids is 3. The number of benzene rings is 1.